The molecule has 1 fully saturated rings. The van der Waals surface area contributed by atoms with Crippen LogP contribution in [0.4, 0.5) is 25.0 Å². The van der Waals surface area contributed by atoms with E-state index in [0.29, 0.717) is 29.5 Å². The van der Waals surface area contributed by atoms with Gasteiger partial charge >= 0.3 is 6.09 Å². The zero-order valence-corrected chi connectivity index (χ0v) is 25.2. The highest BCUT2D eigenvalue weighted by Gasteiger charge is 2.37. The monoisotopic (exact) mass is 641 g/mol. The van der Waals surface area contributed by atoms with Gasteiger partial charge in [-0.3, -0.25) is 4.72 Å². The van der Waals surface area contributed by atoms with Crippen molar-refractivity contribution < 1.29 is 35.1 Å². The van der Waals surface area contributed by atoms with Crippen LogP contribution in [0.3, 0.4) is 0 Å². The minimum absolute atomic E-state index is 0.138. The van der Waals surface area contributed by atoms with Crippen molar-refractivity contribution in [3.05, 3.63) is 89.0 Å². The molecule has 42 heavy (non-hydrogen) atoms. The predicted octanol–water partition coefficient (Wildman–Crippen LogP) is 5.10. The number of hydrogen-bond donors (Lipinski definition) is 1. The normalized spacial score (nSPS) is 15.6. The number of amides is 1. The average Bonchev–Trinajstić information content (AvgIpc) is 2.93. The molecule has 0 spiro atoms. The first kappa shape index (κ1) is 31.5. The minimum Gasteiger partial charge on any atom is -0.449 e. The first-order valence-corrected chi connectivity index (χ1v) is 16.8. The van der Waals surface area contributed by atoms with Gasteiger partial charge in [-0.1, -0.05) is 30.7 Å². The summed E-state index contributed by atoms with van der Waals surface area (Å²) in [6.45, 7) is 2.38. The summed E-state index contributed by atoms with van der Waals surface area (Å²) in [7, 11) is -7.76. The fourth-order valence-corrected chi connectivity index (χ4v) is 7.54. The Morgan fingerprint density at radius 2 is 1.62 bits per heavy atom. The lowest BCUT2D eigenvalue weighted by Crippen LogP contribution is -2.49. The summed E-state index contributed by atoms with van der Waals surface area (Å²) in [5, 5.41) is -1.25. The lowest BCUT2D eigenvalue weighted by atomic mass is 10.0. The van der Waals surface area contributed by atoms with Crippen LogP contribution in [0.5, 0.6) is 0 Å². The second-order valence-electron chi connectivity index (χ2n) is 10.0. The summed E-state index contributed by atoms with van der Waals surface area (Å²) in [4.78, 5) is 16.2. The van der Waals surface area contributed by atoms with Crippen LogP contribution in [0.15, 0.2) is 71.6 Å². The van der Waals surface area contributed by atoms with Crippen molar-refractivity contribution in [2.75, 3.05) is 48.7 Å². The fraction of sp³-hybridized carbons (Fsp3) is 0.321. The average molecular weight is 642 g/mol. The van der Waals surface area contributed by atoms with E-state index in [2.05, 4.69) is 4.72 Å². The van der Waals surface area contributed by atoms with Crippen LogP contribution in [-0.4, -0.2) is 66.9 Å². The molecule has 1 aliphatic heterocycles. The summed E-state index contributed by atoms with van der Waals surface area (Å²) in [6, 6.07) is 14.8. The first-order valence-electron chi connectivity index (χ1n) is 12.9. The Balaban J connectivity index is 1.46. The molecule has 0 bridgehead atoms. The molecule has 9 nitrogen and oxygen atoms in total. The van der Waals surface area contributed by atoms with E-state index in [-0.39, 0.29) is 30.2 Å². The van der Waals surface area contributed by atoms with E-state index in [4.69, 9.17) is 16.3 Å². The summed E-state index contributed by atoms with van der Waals surface area (Å²) >= 11 is 5.91. The number of sulfonamides is 1. The highest BCUT2D eigenvalue weighted by atomic mass is 35.5. The second kappa shape index (κ2) is 12.8. The minimum atomic E-state index is -4.26. The number of carbonyl (C=O) groups is 1. The van der Waals surface area contributed by atoms with Crippen molar-refractivity contribution in [2.45, 2.75) is 17.1 Å². The molecule has 0 aromatic heterocycles. The molecule has 1 heterocycles. The molecule has 226 valence electrons. The van der Waals surface area contributed by atoms with E-state index in [9.17, 15) is 30.4 Å². The molecule has 1 N–H and O–H groups in total. The van der Waals surface area contributed by atoms with Crippen molar-refractivity contribution in [1.82, 2.24) is 4.90 Å². The molecule has 1 saturated heterocycles. The van der Waals surface area contributed by atoms with E-state index < -0.39 is 48.8 Å². The van der Waals surface area contributed by atoms with Crippen molar-refractivity contribution in [3.8, 4) is 0 Å². The number of piperazine rings is 1. The standard InChI is InChI=1S/C28H30ClF2N3O6S2/c1-19(27(23-17-21(30)9-12-24(23)31)42(38,39)22-10-7-20(29)8-11-22)18-40-28(35)34-15-13-33(14-16-34)26-6-4-3-5-25(26)32-41(2,36)37/h3-12,17,19,27,32H,13-16,18H2,1-2H3. The van der Waals surface area contributed by atoms with Crippen molar-refractivity contribution in [1.29, 1.82) is 0 Å². The lowest BCUT2D eigenvalue weighted by molar-refractivity contribution is 0.0870. The Hall–Kier alpha value is -3.42. The molecule has 3 aromatic carbocycles. The summed E-state index contributed by atoms with van der Waals surface area (Å²) in [5.74, 6) is -2.67. The zero-order valence-electron chi connectivity index (χ0n) is 22.8. The molecular weight excluding hydrogens is 612 g/mol. The van der Waals surface area contributed by atoms with E-state index in [1.54, 1.807) is 24.3 Å². The SMILES string of the molecule is CC(COC(=O)N1CCN(c2ccccc2NS(C)(=O)=O)CC1)C(c1cc(F)ccc1F)S(=O)(=O)c1ccc(Cl)cc1. The van der Waals surface area contributed by atoms with Crippen LogP contribution in [0.25, 0.3) is 0 Å². The molecule has 14 heteroatoms. The number of carbonyl (C=O) groups excluding carboxylic acids is 1. The smallest absolute Gasteiger partial charge is 0.409 e. The predicted molar refractivity (Wildman–Crippen MR) is 157 cm³/mol. The summed E-state index contributed by atoms with van der Waals surface area (Å²) in [6.07, 6.45) is 0.374. The van der Waals surface area contributed by atoms with Gasteiger partial charge in [0.2, 0.25) is 10.0 Å². The highest BCUT2D eigenvalue weighted by molar-refractivity contribution is 7.92. The number of anilines is 2. The van der Waals surface area contributed by atoms with Gasteiger partial charge in [-0.05, 0) is 54.6 Å². The number of nitrogens with zero attached hydrogens (tertiary/aromatic N) is 2. The molecule has 1 aliphatic rings. The van der Waals surface area contributed by atoms with Crippen LogP contribution in [0.2, 0.25) is 5.02 Å². The molecule has 2 unspecified atom stereocenters. The topological polar surface area (TPSA) is 113 Å². The third kappa shape index (κ3) is 7.50. The molecule has 0 radical (unpaired) electrons. The quantitative estimate of drug-likeness (QED) is 0.346. The number of ether oxygens (including phenoxy) is 1. The molecule has 3 aromatic rings. The molecule has 0 saturated carbocycles. The molecule has 1 amide bonds. The number of benzene rings is 3. The first-order chi connectivity index (χ1) is 19.8. The van der Waals surface area contributed by atoms with E-state index in [0.717, 1.165) is 24.5 Å². The molecule has 0 aliphatic carbocycles. The number of para-hydroxylation sites is 2. The Morgan fingerprint density at radius 1 is 0.976 bits per heavy atom. The van der Waals surface area contributed by atoms with E-state index >= 15 is 0 Å². The highest BCUT2D eigenvalue weighted by Crippen LogP contribution is 2.37. The summed E-state index contributed by atoms with van der Waals surface area (Å²) < 4.78 is 87.8. The Kier molecular flexibility index (Phi) is 9.63. The van der Waals surface area contributed by atoms with Gasteiger partial charge in [0.1, 0.15) is 11.6 Å². The Labute approximate surface area is 249 Å². The lowest BCUT2D eigenvalue weighted by Gasteiger charge is -2.36. The Bertz CT molecular complexity index is 1650. The number of hydrogen-bond acceptors (Lipinski definition) is 7. The molecular formula is C28H30ClF2N3O6S2. The maximum absolute atomic E-state index is 14.9. The van der Waals surface area contributed by atoms with Crippen molar-refractivity contribution >= 4 is 48.9 Å². The largest absolute Gasteiger partial charge is 0.449 e. The molecule has 2 atom stereocenters. The van der Waals surface area contributed by atoms with E-state index in [1.807, 2.05) is 4.90 Å². The maximum atomic E-state index is 14.9. The number of halogens is 3. The van der Waals surface area contributed by atoms with Crippen molar-refractivity contribution in [3.63, 3.8) is 0 Å². The van der Waals surface area contributed by atoms with E-state index in [1.165, 1.54) is 36.1 Å². The van der Waals surface area contributed by atoms with Crippen molar-refractivity contribution in [2.24, 2.45) is 5.92 Å². The van der Waals surface area contributed by atoms with Crippen LogP contribution in [0.1, 0.15) is 17.7 Å². The van der Waals surface area contributed by atoms with Gasteiger partial charge in [0.25, 0.3) is 0 Å². The number of sulfone groups is 1. The van der Waals surface area contributed by atoms with Gasteiger partial charge in [-0.25, -0.2) is 30.4 Å². The Morgan fingerprint density at radius 3 is 2.26 bits per heavy atom. The van der Waals surface area contributed by atoms with Crippen LogP contribution in [0, 0.1) is 17.6 Å². The van der Waals surface area contributed by atoms with Gasteiger partial charge in [0.15, 0.2) is 9.84 Å². The van der Waals surface area contributed by atoms with Crippen LogP contribution < -0.4 is 9.62 Å². The fourth-order valence-electron chi connectivity index (χ4n) is 4.83. The van der Waals surface area contributed by atoms with Crippen LogP contribution in [-0.2, 0) is 24.6 Å². The third-order valence-electron chi connectivity index (χ3n) is 6.81. The van der Waals surface area contributed by atoms with Gasteiger partial charge in [0.05, 0.1) is 34.4 Å². The van der Waals surface area contributed by atoms with Gasteiger partial charge in [0, 0.05) is 42.7 Å². The second-order valence-corrected chi connectivity index (χ2v) is 14.3. The number of nitrogens with one attached hydrogen (secondary N) is 1. The maximum Gasteiger partial charge on any atom is 0.409 e. The van der Waals surface area contributed by atoms with Gasteiger partial charge in [-0.15, -0.1) is 0 Å². The van der Waals surface area contributed by atoms with Gasteiger partial charge < -0.3 is 14.5 Å². The summed E-state index contributed by atoms with van der Waals surface area (Å²) in [5.41, 5.74) is 0.711. The molecule has 4 rings (SSSR count). The third-order valence-corrected chi connectivity index (χ3v) is 9.96. The number of rotatable bonds is 9. The van der Waals surface area contributed by atoms with Gasteiger partial charge in [-0.2, -0.15) is 0 Å². The zero-order chi connectivity index (χ0) is 30.7. The van der Waals surface area contributed by atoms with Crippen LogP contribution >= 0.6 is 11.6 Å².